The number of ether oxygens (including phenoxy) is 2. The van der Waals surface area contributed by atoms with Crippen LogP contribution in [-0.4, -0.2) is 7.11 Å². The van der Waals surface area contributed by atoms with Crippen LogP contribution >= 0.6 is 0 Å². The van der Waals surface area contributed by atoms with Gasteiger partial charge in [0.05, 0.1) is 7.11 Å². The Bertz CT molecular complexity index is 582. The quantitative estimate of drug-likeness (QED) is 0.834. The van der Waals surface area contributed by atoms with E-state index in [2.05, 4.69) is 0 Å². The van der Waals surface area contributed by atoms with Gasteiger partial charge in [-0.15, -0.1) is 0 Å². The van der Waals surface area contributed by atoms with E-state index in [1.807, 2.05) is 0 Å². The summed E-state index contributed by atoms with van der Waals surface area (Å²) < 4.78 is 36.9. The fourth-order valence-electron chi connectivity index (χ4n) is 1.67. The van der Waals surface area contributed by atoms with Crippen LogP contribution < -0.4 is 9.47 Å². The van der Waals surface area contributed by atoms with Gasteiger partial charge in [0.2, 0.25) is 0 Å². The Balaban J connectivity index is 2.05. The Labute approximate surface area is 110 Å². The summed E-state index contributed by atoms with van der Waals surface area (Å²) in [6, 6.07) is 9.12. The average molecular weight is 264 g/mol. The number of hydrogen-bond acceptors (Lipinski definition) is 2. The first-order valence-corrected chi connectivity index (χ1v) is 5.81. The molecule has 0 aliphatic heterocycles. The fraction of sp³-hybridized carbons (Fsp3) is 0.200. The van der Waals surface area contributed by atoms with Crippen molar-refractivity contribution in [3.63, 3.8) is 0 Å². The van der Waals surface area contributed by atoms with Gasteiger partial charge in [-0.1, -0.05) is 6.07 Å². The molecule has 0 N–H and O–H groups in total. The first-order chi connectivity index (χ1) is 9.10. The lowest BCUT2D eigenvalue weighted by molar-refractivity contribution is 0.304. The molecule has 100 valence electrons. The zero-order valence-corrected chi connectivity index (χ0v) is 10.7. The van der Waals surface area contributed by atoms with Crippen LogP contribution in [0.15, 0.2) is 36.4 Å². The normalized spacial score (nSPS) is 10.3. The Morgan fingerprint density at radius 1 is 1.00 bits per heavy atom. The van der Waals surface area contributed by atoms with Gasteiger partial charge >= 0.3 is 0 Å². The zero-order valence-electron chi connectivity index (χ0n) is 10.7. The van der Waals surface area contributed by atoms with Crippen molar-refractivity contribution in [1.29, 1.82) is 0 Å². The summed E-state index contributed by atoms with van der Waals surface area (Å²) in [7, 11) is 1.41. The summed E-state index contributed by atoms with van der Waals surface area (Å²) in [6.45, 7) is 1.88. The molecule has 2 nitrogen and oxygen atoms in total. The van der Waals surface area contributed by atoms with Crippen LogP contribution in [0.25, 0.3) is 0 Å². The van der Waals surface area contributed by atoms with Crippen LogP contribution in [-0.2, 0) is 6.61 Å². The van der Waals surface area contributed by atoms with Crippen molar-refractivity contribution in [2.45, 2.75) is 13.5 Å². The van der Waals surface area contributed by atoms with Gasteiger partial charge in [0.25, 0.3) is 0 Å². The second-order valence-corrected chi connectivity index (χ2v) is 4.17. The molecule has 0 amide bonds. The summed E-state index contributed by atoms with van der Waals surface area (Å²) in [4.78, 5) is 0. The van der Waals surface area contributed by atoms with Gasteiger partial charge in [0.1, 0.15) is 18.2 Å². The molecule has 0 fully saturated rings. The molecule has 0 aromatic heterocycles. The van der Waals surface area contributed by atoms with Crippen molar-refractivity contribution in [2.24, 2.45) is 0 Å². The molecular weight excluding hydrogens is 250 g/mol. The molecule has 0 aliphatic carbocycles. The maximum Gasteiger partial charge on any atom is 0.165 e. The standard InChI is InChI=1S/C15H14F2O2/c1-10-7-12(4-5-13(10)16)19-9-11-3-6-15(18-2)14(17)8-11/h3-8H,9H2,1-2H3. The van der Waals surface area contributed by atoms with Crippen molar-refractivity contribution in [2.75, 3.05) is 7.11 Å². The van der Waals surface area contributed by atoms with Gasteiger partial charge < -0.3 is 9.47 Å². The summed E-state index contributed by atoms with van der Waals surface area (Å²) in [5.41, 5.74) is 1.19. The molecule has 0 saturated heterocycles. The summed E-state index contributed by atoms with van der Waals surface area (Å²) in [6.07, 6.45) is 0. The Morgan fingerprint density at radius 3 is 2.42 bits per heavy atom. The van der Waals surface area contributed by atoms with E-state index in [0.29, 0.717) is 16.9 Å². The van der Waals surface area contributed by atoms with E-state index in [-0.39, 0.29) is 18.2 Å². The van der Waals surface area contributed by atoms with Gasteiger partial charge in [-0.25, -0.2) is 8.78 Å². The second-order valence-electron chi connectivity index (χ2n) is 4.17. The molecular formula is C15H14F2O2. The minimum atomic E-state index is -0.432. The highest BCUT2D eigenvalue weighted by Crippen LogP contribution is 2.20. The largest absolute Gasteiger partial charge is 0.494 e. The van der Waals surface area contributed by atoms with Crippen LogP contribution in [0.5, 0.6) is 11.5 Å². The van der Waals surface area contributed by atoms with E-state index in [9.17, 15) is 8.78 Å². The van der Waals surface area contributed by atoms with Crippen LogP contribution in [0.2, 0.25) is 0 Å². The minimum absolute atomic E-state index is 0.196. The first kappa shape index (κ1) is 13.3. The van der Waals surface area contributed by atoms with Gasteiger partial charge in [0.15, 0.2) is 11.6 Å². The number of rotatable bonds is 4. The summed E-state index contributed by atoms with van der Waals surface area (Å²) in [5, 5.41) is 0. The Morgan fingerprint density at radius 2 is 1.79 bits per heavy atom. The molecule has 2 rings (SSSR count). The summed E-state index contributed by atoms with van der Waals surface area (Å²) >= 11 is 0. The zero-order chi connectivity index (χ0) is 13.8. The van der Waals surface area contributed by atoms with Crippen molar-refractivity contribution < 1.29 is 18.3 Å². The second kappa shape index (κ2) is 5.69. The molecule has 4 heteroatoms. The fourth-order valence-corrected chi connectivity index (χ4v) is 1.67. The van der Waals surface area contributed by atoms with Crippen LogP contribution in [0.1, 0.15) is 11.1 Å². The predicted octanol–water partition coefficient (Wildman–Crippen LogP) is 3.86. The van der Waals surface area contributed by atoms with E-state index in [1.54, 1.807) is 31.2 Å². The highest BCUT2D eigenvalue weighted by atomic mass is 19.1. The molecule has 0 radical (unpaired) electrons. The van der Waals surface area contributed by atoms with Crippen molar-refractivity contribution >= 4 is 0 Å². The van der Waals surface area contributed by atoms with Gasteiger partial charge in [0, 0.05) is 0 Å². The van der Waals surface area contributed by atoms with Crippen molar-refractivity contribution in [1.82, 2.24) is 0 Å². The minimum Gasteiger partial charge on any atom is -0.494 e. The molecule has 0 atom stereocenters. The van der Waals surface area contributed by atoms with E-state index in [4.69, 9.17) is 9.47 Å². The number of aryl methyl sites for hydroxylation is 1. The van der Waals surface area contributed by atoms with Crippen LogP contribution in [0, 0.1) is 18.6 Å². The predicted molar refractivity (Wildman–Crippen MR) is 68.4 cm³/mol. The van der Waals surface area contributed by atoms with Gasteiger partial charge in [-0.3, -0.25) is 0 Å². The molecule has 0 saturated carbocycles. The average Bonchev–Trinajstić information content (AvgIpc) is 2.40. The lowest BCUT2D eigenvalue weighted by Gasteiger charge is -2.08. The smallest absolute Gasteiger partial charge is 0.165 e. The van der Waals surface area contributed by atoms with Crippen LogP contribution in [0.4, 0.5) is 8.78 Å². The molecule has 2 aromatic rings. The van der Waals surface area contributed by atoms with Crippen molar-refractivity contribution in [3.05, 3.63) is 59.2 Å². The maximum atomic E-state index is 13.5. The monoisotopic (exact) mass is 264 g/mol. The van der Waals surface area contributed by atoms with Gasteiger partial charge in [-0.2, -0.15) is 0 Å². The summed E-state index contributed by atoms with van der Waals surface area (Å²) in [5.74, 6) is 0.0400. The lowest BCUT2D eigenvalue weighted by atomic mass is 10.2. The number of methoxy groups -OCH3 is 1. The molecule has 0 unspecified atom stereocenters. The highest BCUT2D eigenvalue weighted by molar-refractivity contribution is 5.31. The Kier molecular flexibility index (Phi) is 4.00. The molecule has 19 heavy (non-hydrogen) atoms. The van der Waals surface area contributed by atoms with E-state index in [1.165, 1.54) is 19.2 Å². The molecule has 2 aromatic carbocycles. The Hall–Kier alpha value is -2.10. The molecule has 0 aliphatic rings. The third-order valence-electron chi connectivity index (χ3n) is 2.75. The van der Waals surface area contributed by atoms with Crippen molar-refractivity contribution in [3.8, 4) is 11.5 Å². The van der Waals surface area contributed by atoms with E-state index in [0.717, 1.165) is 0 Å². The van der Waals surface area contributed by atoms with E-state index >= 15 is 0 Å². The molecule has 0 spiro atoms. The third-order valence-corrected chi connectivity index (χ3v) is 2.75. The SMILES string of the molecule is COc1ccc(COc2ccc(F)c(C)c2)cc1F. The first-order valence-electron chi connectivity index (χ1n) is 5.81. The number of benzene rings is 2. The maximum absolute atomic E-state index is 13.5. The third kappa shape index (κ3) is 3.22. The molecule has 0 heterocycles. The van der Waals surface area contributed by atoms with Gasteiger partial charge in [-0.05, 0) is 48.4 Å². The molecule has 0 bridgehead atoms. The van der Waals surface area contributed by atoms with E-state index < -0.39 is 5.82 Å². The topological polar surface area (TPSA) is 18.5 Å². The lowest BCUT2D eigenvalue weighted by Crippen LogP contribution is -1.98. The highest BCUT2D eigenvalue weighted by Gasteiger charge is 2.05. The number of halogens is 2. The number of hydrogen-bond donors (Lipinski definition) is 0. The van der Waals surface area contributed by atoms with Crippen LogP contribution in [0.3, 0.4) is 0 Å².